The number of hydrogen-bond acceptors (Lipinski definition) is 15. The number of ether oxygens (including phenoxy) is 2. The van der Waals surface area contributed by atoms with Crippen molar-refractivity contribution in [2.75, 3.05) is 13.2 Å². The van der Waals surface area contributed by atoms with Gasteiger partial charge in [0.2, 0.25) is 23.0 Å². The molecule has 13 N–H and O–H groups in total. The van der Waals surface area contributed by atoms with Gasteiger partial charge in [-0.2, -0.15) is 0 Å². The number of epoxide rings is 2. The molecule has 6 aromatic carbocycles. The molecule has 298 valence electrons. The van der Waals surface area contributed by atoms with Gasteiger partial charge < -0.3 is 75.9 Å². The summed E-state index contributed by atoms with van der Waals surface area (Å²) < 4.78 is 11.2. The Balaban J connectivity index is 1.38. The number of benzene rings is 6. The van der Waals surface area contributed by atoms with Crippen molar-refractivity contribution in [3.8, 4) is 74.4 Å². The summed E-state index contributed by atoms with van der Waals surface area (Å²) in [6, 6.07) is 20.4. The van der Waals surface area contributed by atoms with Gasteiger partial charge >= 0.3 is 0 Å². The Morgan fingerprint density at radius 2 is 0.831 bits per heavy atom. The molecule has 4 atom stereocenters. The average molecular weight is 801 g/mol. The molecule has 0 amide bonds. The lowest BCUT2D eigenvalue weighted by molar-refractivity contribution is 0.258. The van der Waals surface area contributed by atoms with Gasteiger partial charge in [-0.15, -0.1) is 0 Å². The molecule has 2 saturated heterocycles. The fraction of sp³-hybridized carbons (Fsp3) is 0.136. The summed E-state index contributed by atoms with van der Waals surface area (Å²) >= 11 is 0. The lowest BCUT2D eigenvalue weighted by Crippen LogP contribution is -2.44. The summed E-state index contributed by atoms with van der Waals surface area (Å²) in [6.07, 6.45) is -1.51. The van der Waals surface area contributed by atoms with Crippen LogP contribution < -0.4 is 10.4 Å². The van der Waals surface area contributed by atoms with E-state index in [1.54, 1.807) is 24.3 Å². The molecule has 2 fully saturated rings. The van der Waals surface area contributed by atoms with E-state index in [9.17, 15) is 66.4 Å². The normalized spacial score (nSPS) is 20.9. The number of allylic oxidation sites excluding steroid dienone is 2. The number of hydrogen-bond donors (Lipinski definition) is 13. The van der Waals surface area contributed by atoms with Crippen LogP contribution >= 0.6 is 0 Å². The number of phenols is 11. The van der Waals surface area contributed by atoms with E-state index in [4.69, 9.17) is 9.47 Å². The van der Waals surface area contributed by atoms with Crippen molar-refractivity contribution in [1.82, 2.24) is 0 Å². The summed E-state index contributed by atoms with van der Waals surface area (Å²) in [5.74, 6) is -17.8. The topological polar surface area (TPSA) is 288 Å². The molecular formula is C44H32O15. The van der Waals surface area contributed by atoms with Gasteiger partial charge in [-0.1, -0.05) is 66.7 Å². The molecule has 0 aromatic heterocycles. The van der Waals surface area contributed by atoms with E-state index in [1.165, 1.54) is 0 Å². The maximum atomic E-state index is 12.5. The molecule has 2 aliphatic carbocycles. The third-order valence-corrected chi connectivity index (χ3v) is 11.8. The highest BCUT2D eigenvalue weighted by Crippen LogP contribution is 2.61. The molecule has 0 saturated carbocycles. The van der Waals surface area contributed by atoms with Gasteiger partial charge in [-0.3, -0.25) is 0 Å². The van der Waals surface area contributed by atoms with Gasteiger partial charge in [-0.25, -0.2) is 0 Å². The van der Waals surface area contributed by atoms with Crippen LogP contribution in [0.2, 0.25) is 0 Å². The molecule has 2 aliphatic heterocycles. The highest BCUT2D eigenvalue weighted by Gasteiger charge is 2.53. The predicted octanol–water partition coefficient (Wildman–Crippen LogP) is 4.50. The first kappa shape index (κ1) is 35.8. The smallest absolute Gasteiger partial charge is 0.205 e. The van der Waals surface area contributed by atoms with E-state index in [-0.39, 0.29) is 35.5 Å². The summed E-state index contributed by atoms with van der Waals surface area (Å²) in [6.45, 7) is 0.241. The largest absolute Gasteiger partial charge is 0.511 e. The van der Waals surface area contributed by atoms with Crippen LogP contribution in [-0.4, -0.2) is 91.8 Å². The number of fused-ring (bicyclic) bond motifs is 4. The molecule has 2 heterocycles. The van der Waals surface area contributed by atoms with Crippen LogP contribution in [0.15, 0.2) is 89.4 Å². The van der Waals surface area contributed by atoms with Crippen LogP contribution in [0.4, 0.5) is 0 Å². The van der Waals surface area contributed by atoms with E-state index < -0.39 is 131 Å². The molecule has 4 unspecified atom stereocenters. The quantitative estimate of drug-likeness (QED) is 0.0649. The van der Waals surface area contributed by atoms with Crippen LogP contribution in [0, 0.1) is 11.8 Å². The molecule has 59 heavy (non-hydrogen) atoms. The van der Waals surface area contributed by atoms with Gasteiger partial charge in [0.1, 0.15) is 29.5 Å². The SMILES string of the molecule is OC1=C(C2CO2)C(C2CO2)=C(O)C2C(c3c(O)c(O)c4c(O)c(O)c(O)c(O)c4c3O)=c3c(O)c(O)c(O)c(O)c3=C(c3ccc(-c4cccc5ccccc45)cc3)C12. The Morgan fingerprint density at radius 1 is 0.390 bits per heavy atom. The van der Waals surface area contributed by atoms with Crippen LogP contribution in [0.5, 0.6) is 63.2 Å². The zero-order valence-corrected chi connectivity index (χ0v) is 30.2. The van der Waals surface area contributed by atoms with Crippen LogP contribution in [-0.2, 0) is 9.47 Å². The fourth-order valence-corrected chi connectivity index (χ4v) is 8.97. The standard InChI is InChI=1S/C44H32O15/c45-32-22(19-12-58-19)23(20-13-59-20)33(46)27-24(29-34(47)30-31(38(51)37(29)50)40(53)44(57)43(56)39(30)52)28-26(35(48)41(54)42(55)36(28)49)21(25(27)32)16-10-8-15(9-11-16)18-7-3-5-14-4-1-2-6-17(14)18/h1-11,19-20,25,27,45-57H,12-13H2. The zero-order valence-electron chi connectivity index (χ0n) is 30.2. The van der Waals surface area contributed by atoms with Gasteiger partial charge in [0.25, 0.3) is 0 Å². The second kappa shape index (κ2) is 12.2. The maximum Gasteiger partial charge on any atom is 0.205 e. The Labute approximate surface area is 330 Å². The lowest BCUT2D eigenvalue weighted by atomic mass is 9.64. The third kappa shape index (κ3) is 4.76. The minimum atomic E-state index is -1.71. The van der Waals surface area contributed by atoms with Crippen molar-refractivity contribution in [1.29, 1.82) is 0 Å². The first-order valence-electron chi connectivity index (χ1n) is 18.2. The second-order valence-corrected chi connectivity index (χ2v) is 14.8. The average Bonchev–Trinajstić information content (AvgIpc) is 4.18. The van der Waals surface area contributed by atoms with E-state index in [0.717, 1.165) is 21.9 Å². The molecule has 10 rings (SSSR count). The first-order chi connectivity index (χ1) is 28.2. The molecular weight excluding hydrogens is 768 g/mol. The van der Waals surface area contributed by atoms with Crippen LogP contribution in [0.1, 0.15) is 11.1 Å². The van der Waals surface area contributed by atoms with Crippen molar-refractivity contribution < 1.29 is 75.9 Å². The van der Waals surface area contributed by atoms with Crippen LogP contribution in [0.25, 0.3) is 43.8 Å². The van der Waals surface area contributed by atoms with E-state index >= 15 is 0 Å². The highest BCUT2D eigenvalue weighted by molar-refractivity contribution is 6.10. The first-order valence-corrected chi connectivity index (χ1v) is 18.2. The van der Waals surface area contributed by atoms with Crippen LogP contribution in [0.3, 0.4) is 0 Å². The second-order valence-electron chi connectivity index (χ2n) is 14.8. The van der Waals surface area contributed by atoms with Gasteiger partial charge in [-0.05, 0) is 38.6 Å². The number of phenolic OH excluding ortho intramolecular Hbond substituents is 11. The Hall–Kier alpha value is -7.62. The van der Waals surface area contributed by atoms with Gasteiger partial charge in [0, 0.05) is 21.6 Å². The summed E-state index contributed by atoms with van der Waals surface area (Å²) in [4.78, 5) is 0. The van der Waals surface area contributed by atoms with E-state index in [0.29, 0.717) is 0 Å². The summed E-state index contributed by atoms with van der Waals surface area (Å²) in [5, 5.41) is 147. The van der Waals surface area contributed by atoms with Crippen molar-refractivity contribution in [2.24, 2.45) is 11.8 Å². The molecule has 4 aliphatic rings. The van der Waals surface area contributed by atoms with Gasteiger partial charge in [0.15, 0.2) is 34.5 Å². The number of aromatic hydroxyl groups is 11. The molecule has 6 aromatic rings. The molecule has 15 nitrogen and oxygen atoms in total. The minimum absolute atomic E-state index is 0.0219. The molecule has 0 spiro atoms. The number of aliphatic hydroxyl groups excluding tert-OH is 2. The highest BCUT2D eigenvalue weighted by atomic mass is 16.6. The fourth-order valence-electron chi connectivity index (χ4n) is 8.97. The van der Waals surface area contributed by atoms with E-state index in [1.807, 2.05) is 42.5 Å². The van der Waals surface area contributed by atoms with Crippen molar-refractivity contribution >= 4 is 32.7 Å². The molecule has 0 radical (unpaired) electrons. The third-order valence-electron chi connectivity index (χ3n) is 11.8. The summed E-state index contributed by atoms with van der Waals surface area (Å²) in [7, 11) is 0. The van der Waals surface area contributed by atoms with E-state index in [2.05, 4.69) is 0 Å². The summed E-state index contributed by atoms with van der Waals surface area (Å²) in [5.41, 5.74) is 0.615. The zero-order chi connectivity index (χ0) is 41.5. The molecule has 0 bridgehead atoms. The van der Waals surface area contributed by atoms with Crippen molar-refractivity contribution in [3.05, 3.63) is 111 Å². The monoisotopic (exact) mass is 800 g/mol. The predicted molar refractivity (Wildman–Crippen MR) is 208 cm³/mol. The molecule has 15 heteroatoms. The Kier molecular flexibility index (Phi) is 7.39. The van der Waals surface area contributed by atoms with Gasteiger partial charge in [0.05, 0.1) is 41.4 Å². The number of aliphatic hydroxyl groups is 2. The Morgan fingerprint density at radius 3 is 1.39 bits per heavy atom. The number of rotatable bonds is 5. The van der Waals surface area contributed by atoms with Crippen molar-refractivity contribution in [2.45, 2.75) is 12.2 Å². The Bertz CT molecular complexity index is 3100. The lowest BCUT2D eigenvalue weighted by Gasteiger charge is -2.39. The maximum absolute atomic E-state index is 12.5. The van der Waals surface area contributed by atoms with Crippen molar-refractivity contribution in [3.63, 3.8) is 0 Å². The minimum Gasteiger partial charge on any atom is -0.511 e.